The average molecular weight is 222 g/mol. The average Bonchev–Trinajstić information content (AvgIpc) is 2.62. The fourth-order valence-electron chi connectivity index (χ4n) is 1.18. The first kappa shape index (κ1) is 12.0. The molecule has 6 heteroatoms. The molecule has 86 valence electrons. The lowest BCUT2D eigenvalue weighted by Gasteiger charge is -2.04. The summed E-state index contributed by atoms with van der Waals surface area (Å²) >= 11 is 0. The highest BCUT2D eigenvalue weighted by Crippen LogP contribution is 2.30. The third-order valence-corrected chi connectivity index (χ3v) is 2.10. The van der Waals surface area contributed by atoms with Gasteiger partial charge in [0.1, 0.15) is 0 Å². The highest BCUT2D eigenvalue weighted by molar-refractivity contribution is 4.91. The summed E-state index contributed by atoms with van der Waals surface area (Å²) in [6.45, 7) is 3.80. The van der Waals surface area contributed by atoms with Crippen LogP contribution in [0, 0.1) is 0 Å². The summed E-state index contributed by atoms with van der Waals surface area (Å²) < 4.78 is 40.9. The van der Waals surface area contributed by atoms with Crippen LogP contribution in [0.15, 0.2) is 4.42 Å². The number of halogens is 3. The molecule has 1 unspecified atom stereocenters. The van der Waals surface area contributed by atoms with Gasteiger partial charge in [0.25, 0.3) is 0 Å². The predicted octanol–water partition coefficient (Wildman–Crippen LogP) is 3.38. The number of rotatable bonds is 4. The minimum Gasteiger partial charge on any atom is -0.417 e. The van der Waals surface area contributed by atoms with Gasteiger partial charge in [0.2, 0.25) is 5.89 Å². The Morgan fingerprint density at radius 3 is 2.47 bits per heavy atom. The number of hydrogen-bond acceptors (Lipinski definition) is 3. The predicted molar refractivity (Wildman–Crippen MR) is 47.2 cm³/mol. The Kier molecular flexibility index (Phi) is 3.71. The lowest BCUT2D eigenvalue weighted by molar-refractivity contribution is -0.157. The molecule has 0 aliphatic heterocycles. The molecule has 0 spiro atoms. The van der Waals surface area contributed by atoms with Crippen molar-refractivity contribution in [1.29, 1.82) is 0 Å². The molecule has 1 heterocycles. The van der Waals surface area contributed by atoms with Gasteiger partial charge in [0.05, 0.1) is 0 Å². The zero-order valence-corrected chi connectivity index (χ0v) is 8.64. The van der Waals surface area contributed by atoms with E-state index in [-0.39, 0.29) is 11.8 Å². The van der Waals surface area contributed by atoms with Gasteiger partial charge in [-0.3, -0.25) is 0 Å². The van der Waals surface area contributed by atoms with Crippen molar-refractivity contribution in [2.45, 2.75) is 45.2 Å². The Labute approximate surface area is 85.7 Å². The second-order valence-electron chi connectivity index (χ2n) is 3.49. The van der Waals surface area contributed by atoms with E-state index in [0.717, 1.165) is 19.3 Å². The van der Waals surface area contributed by atoms with E-state index >= 15 is 0 Å². The zero-order chi connectivity index (χ0) is 11.5. The van der Waals surface area contributed by atoms with Crippen LogP contribution in [0.2, 0.25) is 0 Å². The highest BCUT2D eigenvalue weighted by atomic mass is 19.4. The van der Waals surface area contributed by atoms with Crippen LogP contribution in [-0.4, -0.2) is 10.2 Å². The molecule has 0 fully saturated rings. The summed E-state index contributed by atoms with van der Waals surface area (Å²) in [6.07, 6.45) is -1.86. The zero-order valence-electron chi connectivity index (χ0n) is 8.64. The number of unbranched alkanes of at least 4 members (excludes halogenated alkanes) is 1. The van der Waals surface area contributed by atoms with E-state index in [9.17, 15) is 13.2 Å². The second-order valence-corrected chi connectivity index (χ2v) is 3.49. The maximum atomic E-state index is 12.1. The van der Waals surface area contributed by atoms with Crippen molar-refractivity contribution in [3.8, 4) is 0 Å². The van der Waals surface area contributed by atoms with Crippen molar-refractivity contribution >= 4 is 0 Å². The van der Waals surface area contributed by atoms with E-state index in [2.05, 4.69) is 14.6 Å². The van der Waals surface area contributed by atoms with Gasteiger partial charge in [0.15, 0.2) is 0 Å². The topological polar surface area (TPSA) is 38.9 Å². The lowest BCUT2D eigenvalue weighted by atomic mass is 10.1. The second kappa shape index (κ2) is 4.63. The molecule has 0 amide bonds. The van der Waals surface area contributed by atoms with Crippen LogP contribution in [0.25, 0.3) is 0 Å². The molecule has 1 atom stereocenters. The van der Waals surface area contributed by atoms with E-state index < -0.39 is 12.1 Å². The van der Waals surface area contributed by atoms with Crippen molar-refractivity contribution in [1.82, 2.24) is 10.2 Å². The van der Waals surface area contributed by atoms with Crippen LogP contribution in [0.4, 0.5) is 13.2 Å². The molecule has 1 aromatic rings. The normalized spacial score (nSPS) is 14.2. The summed E-state index contributed by atoms with van der Waals surface area (Å²) in [5.41, 5.74) is 0. The molecular weight excluding hydrogens is 209 g/mol. The Balaban J connectivity index is 2.67. The fourth-order valence-corrected chi connectivity index (χ4v) is 1.18. The molecule has 0 aliphatic carbocycles. The van der Waals surface area contributed by atoms with E-state index in [4.69, 9.17) is 0 Å². The molecule has 3 nitrogen and oxygen atoms in total. The molecule has 0 N–H and O–H groups in total. The summed E-state index contributed by atoms with van der Waals surface area (Å²) in [6, 6.07) is 0. The quantitative estimate of drug-likeness (QED) is 0.783. The maximum absolute atomic E-state index is 12.1. The Hall–Kier alpha value is -1.07. The van der Waals surface area contributed by atoms with Crippen LogP contribution in [0.3, 0.4) is 0 Å². The molecule has 1 rings (SSSR count). The van der Waals surface area contributed by atoms with Crippen LogP contribution in [0.5, 0.6) is 0 Å². The molecule has 0 radical (unpaired) electrons. The standard InChI is InChI=1S/C9H13F3N2O/c1-3-4-5-6(2)7-13-14-8(15-7)9(10,11)12/h6H,3-5H2,1-2H3. The molecule has 15 heavy (non-hydrogen) atoms. The lowest BCUT2D eigenvalue weighted by Crippen LogP contribution is -2.04. The molecule has 0 aromatic carbocycles. The van der Waals surface area contributed by atoms with Gasteiger partial charge >= 0.3 is 12.1 Å². The smallest absolute Gasteiger partial charge is 0.417 e. The van der Waals surface area contributed by atoms with E-state index in [1.54, 1.807) is 6.92 Å². The van der Waals surface area contributed by atoms with Gasteiger partial charge in [-0.15, -0.1) is 10.2 Å². The van der Waals surface area contributed by atoms with Crippen molar-refractivity contribution in [3.63, 3.8) is 0 Å². The van der Waals surface area contributed by atoms with Crippen LogP contribution < -0.4 is 0 Å². The molecule has 0 saturated carbocycles. The van der Waals surface area contributed by atoms with Gasteiger partial charge in [-0.05, 0) is 6.42 Å². The molecular formula is C9H13F3N2O. The van der Waals surface area contributed by atoms with Crippen LogP contribution in [0.1, 0.15) is 50.8 Å². The van der Waals surface area contributed by atoms with E-state index in [0.29, 0.717) is 0 Å². The monoisotopic (exact) mass is 222 g/mol. The molecule has 0 saturated heterocycles. The molecule has 0 aliphatic rings. The Bertz CT molecular complexity index is 309. The minimum atomic E-state index is -4.55. The number of aromatic nitrogens is 2. The van der Waals surface area contributed by atoms with Crippen molar-refractivity contribution < 1.29 is 17.6 Å². The van der Waals surface area contributed by atoms with Crippen molar-refractivity contribution in [3.05, 3.63) is 11.8 Å². The Morgan fingerprint density at radius 2 is 2.00 bits per heavy atom. The van der Waals surface area contributed by atoms with Crippen molar-refractivity contribution in [2.75, 3.05) is 0 Å². The van der Waals surface area contributed by atoms with Crippen LogP contribution in [-0.2, 0) is 6.18 Å². The SMILES string of the molecule is CCCCC(C)c1nnc(C(F)(F)F)o1. The highest BCUT2D eigenvalue weighted by Gasteiger charge is 2.38. The van der Waals surface area contributed by atoms with Gasteiger partial charge in [-0.1, -0.05) is 26.7 Å². The summed E-state index contributed by atoms with van der Waals surface area (Å²) in [5.74, 6) is -1.31. The first-order chi connectivity index (χ1) is 6.95. The number of hydrogen-bond donors (Lipinski definition) is 0. The summed E-state index contributed by atoms with van der Waals surface area (Å²) in [4.78, 5) is 0. The van der Waals surface area contributed by atoms with E-state index in [1.165, 1.54) is 0 Å². The molecule has 1 aromatic heterocycles. The number of alkyl halides is 3. The number of nitrogens with zero attached hydrogens (tertiary/aromatic N) is 2. The third kappa shape index (κ3) is 3.21. The first-order valence-electron chi connectivity index (χ1n) is 4.85. The summed E-state index contributed by atoms with van der Waals surface area (Å²) in [7, 11) is 0. The van der Waals surface area contributed by atoms with Crippen LogP contribution >= 0.6 is 0 Å². The van der Waals surface area contributed by atoms with E-state index in [1.807, 2.05) is 6.92 Å². The van der Waals surface area contributed by atoms with Crippen molar-refractivity contribution in [2.24, 2.45) is 0 Å². The Morgan fingerprint density at radius 1 is 1.33 bits per heavy atom. The largest absolute Gasteiger partial charge is 0.470 e. The first-order valence-corrected chi connectivity index (χ1v) is 4.85. The fraction of sp³-hybridized carbons (Fsp3) is 0.778. The van der Waals surface area contributed by atoms with Gasteiger partial charge < -0.3 is 4.42 Å². The minimum absolute atomic E-state index is 0.0655. The van der Waals surface area contributed by atoms with Gasteiger partial charge in [-0.25, -0.2) is 0 Å². The van der Waals surface area contributed by atoms with Gasteiger partial charge in [-0.2, -0.15) is 13.2 Å². The van der Waals surface area contributed by atoms with Gasteiger partial charge in [0, 0.05) is 5.92 Å². The third-order valence-electron chi connectivity index (χ3n) is 2.10. The maximum Gasteiger partial charge on any atom is 0.470 e. The summed E-state index contributed by atoms with van der Waals surface area (Å²) in [5, 5.41) is 6.37. The molecule has 0 bridgehead atoms.